The van der Waals surface area contributed by atoms with Crippen LogP contribution in [0.3, 0.4) is 0 Å². The lowest BCUT2D eigenvalue weighted by atomic mass is 10.0. The van der Waals surface area contributed by atoms with Gasteiger partial charge in [0.15, 0.2) is 11.6 Å². The Balaban J connectivity index is 1.92. The molecule has 3 rings (SSSR count). The lowest BCUT2D eigenvalue weighted by Gasteiger charge is -2.35. The quantitative estimate of drug-likeness (QED) is 0.745. The van der Waals surface area contributed by atoms with Gasteiger partial charge in [-0.25, -0.2) is 8.78 Å². The summed E-state index contributed by atoms with van der Waals surface area (Å²) >= 11 is 5.58. The van der Waals surface area contributed by atoms with E-state index in [0.29, 0.717) is 11.9 Å². The molecular weight excluding hydrogens is 288 g/mol. The van der Waals surface area contributed by atoms with E-state index in [1.165, 1.54) is 12.1 Å². The van der Waals surface area contributed by atoms with Crippen molar-refractivity contribution in [3.05, 3.63) is 34.5 Å². The predicted octanol–water partition coefficient (Wildman–Crippen LogP) is 2.19. The summed E-state index contributed by atoms with van der Waals surface area (Å²) in [6, 6.07) is 2.98. The molecule has 0 saturated carbocycles. The van der Waals surface area contributed by atoms with Crippen molar-refractivity contribution in [2.24, 2.45) is 0 Å². The van der Waals surface area contributed by atoms with Crippen LogP contribution in [0.5, 0.6) is 0 Å². The van der Waals surface area contributed by atoms with Crippen molar-refractivity contribution < 1.29 is 13.6 Å². The molecule has 1 fully saturated rings. The molecule has 0 bridgehead atoms. The molecule has 2 heterocycles. The molecule has 4 nitrogen and oxygen atoms in total. The Bertz CT molecular complexity index is 700. The number of benzene rings is 1. The fraction of sp³-hybridized carbons (Fsp3) is 0.308. The van der Waals surface area contributed by atoms with Crippen LogP contribution in [0.25, 0.3) is 10.9 Å². The largest absolute Gasteiger partial charge is 0.348 e. The Morgan fingerprint density at radius 2 is 2.15 bits per heavy atom. The van der Waals surface area contributed by atoms with Gasteiger partial charge in [0.2, 0.25) is 0 Å². The van der Waals surface area contributed by atoms with Crippen LogP contribution in [0.1, 0.15) is 17.4 Å². The summed E-state index contributed by atoms with van der Waals surface area (Å²) < 4.78 is 27.1. The van der Waals surface area contributed by atoms with Gasteiger partial charge in [0.05, 0.1) is 16.6 Å². The highest BCUT2D eigenvalue weighted by molar-refractivity contribution is 6.31. The van der Waals surface area contributed by atoms with Gasteiger partial charge in [-0.15, -0.1) is 0 Å². The molecule has 0 radical (unpaired) electrons. The van der Waals surface area contributed by atoms with Gasteiger partial charge in [0, 0.05) is 18.0 Å². The summed E-state index contributed by atoms with van der Waals surface area (Å²) in [5, 5.41) is 5.98. The second-order valence-corrected chi connectivity index (χ2v) is 5.32. The molecule has 1 aromatic carbocycles. The van der Waals surface area contributed by atoms with E-state index in [-0.39, 0.29) is 34.2 Å². The highest BCUT2D eigenvalue weighted by Gasteiger charge is 2.28. The third-order valence-corrected chi connectivity index (χ3v) is 3.85. The van der Waals surface area contributed by atoms with Crippen molar-refractivity contribution in [1.29, 1.82) is 0 Å². The van der Waals surface area contributed by atoms with E-state index in [9.17, 15) is 13.6 Å². The van der Waals surface area contributed by atoms with Gasteiger partial charge in [-0.2, -0.15) is 0 Å². The minimum Gasteiger partial charge on any atom is -0.348 e. The maximum Gasteiger partial charge on any atom is 0.268 e. The number of aromatic nitrogens is 1. The Labute approximate surface area is 118 Å². The molecule has 2 aromatic rings. The van der Waals surface area contributed by atoms with Crippen molar-refractivity contribution in [1.82, 2.24) is 15.6 Å². The van der Waals surface area contributed by atoms with E-state index in [1.807, 2.05) is 6.92 Å². The molecule has 0 unspecified atom stereocenters. The second-order valence-electron chi connectivity index (χ2n) is 4.91. The molecule has 2 atom stereocenters. The number of halogens is 3. The van der Waals surface area contributed by atoms with E-state index >= 15 is 0 Å². The summed E-state index contributed by atoms with van der Waals surface area (Å²) in [6.45, 7) is 2.65. The number of H-pyrrole nitrogens is 1. The molecule has 7 heteroatoms. The minimum absolute atomic E-state index is 0.0408. The second kappa shape index (κ2) is 4.71. The van der Waals surface area contributed by atoms with Crippen LogP contribution in [0.2, 0.25) is 5.02 Å². The molecule has 0 aliphatic carbocycles. The number of hydrogen-bond acceptors (Lipinski definition) is 2. The van der Waals surface area contributed by atoms with Crippen LogP contribution >= 0.6 is 11.6 Å². The number of carbonyl (C=O) groups is 1. The first-order valence-corrected chi connectivity index (χ1v) is 6.55. The van der Waals surface area contributed by atoms with Crippen molar-refractivity contribution in [2.45, 2.75) is 19.0 Å². The topological polar surface area (TPSA) is 56.9 Å². The zero-order valence-electron chi connectivity index (χ0n) is 10.6. The van der Waals surface area contributed by atoms with E-state index in [0.717, 1.165) is 0 Å². The standard InChI is InChI=1S/C13H12ClF2N3O/c1-5-9(4-17-5)19-13(20)8-3-6-2-7(14)10(15)11(16)12(6)18-8/h2-3,5,9,17-18H,4H2,1H3,(H,19,20)/t5-,9-/m1/s1. The number of carbonyl (C=O) groups excluding carboxylic acids is 1. The minimum atomic E-state index is -1.12. The number of hydrogen-bond donors (Lipinski definition) is 3. The lowest BCUT2D eigenvalue weighted by molar-refractivity contribution is 0.0902. The van der Waals surface area contributed by atoms with E-state index in [4.69, 9.17) is 11.6 Å². The molecule has 1 amide bonds. The molecule has 1 aliphatic heterocycles. The number of aromatic amines is 1. The average molecular weight is 300 g/mol. The maximum absolute atomic E-state index is 13.7. The third-order valence-electron chi connectivity index (χ3n) is 3.58. The summed E-state index contributed by atoms with van der Waals surface area (Å²) in [4.78, 5) is 14.6. The van der Waals surface area contributed by atoms with Crippen LogP contribution in [0.4, 0.5) is 8.78 Å². The summed E-state index contributed by atoms with van der Waals surface area (Å²) in [7, 11) is 0. The average Bonchev–Trinajstić information content (AvgIpc) is 2.84. The third kappa shape index (κ3) is 2.05. The van der Waals surface area contributed by atoms with Crippen LogP contribution in [0.15, 0.2) is 12.1 Å². The molecule has 1 aliphatic rings. The van der Waals surface area contributed by atoms with Gasteiger partial charge in [0.25, 0.3) is 5.91 Å². The Kier molecular flexibility index (Phi) is 3.14. The predicted molar refractivity (Wildman–Crippen MR) is 71.9 cm³/mol. The van der Waals surface area contributed by atoms with Crippen molar-refractivity contribution in [2.75, 3.05) is 6.54 Å². The highest BCUT2D eigenvalue weighted by Crippen LogP contribution is 2.27. The smallest absolute Gasteiger partial charge is 0.268 e. The van der Waals surface area contributed by atoms with Crippen LogP contribution < -0.4 is 10.6 Å². The molecule has 20 heavy (non-hydrogen) atoms. The molecule has 1 aromatic heterocycles. The summed E-state index contributed by atoms with van der Waals surface area (Å²) in [5.41, 5.74) is 0.122. The maximum atomic E-state index is 13.7. The molecule has 106 valence electrons. The SMILES string of the molecule is C[C@H]1NC[C@H]1NC(=O)c1cc2cc(Cl)c(F)c(F)c2[nH]1. The molecule has 0 spiro atoms. The van der Waals surface area contributed by atoms with E-state index in [2.05, 4.69) is 15.6 Å². The van der Waals surface area contributed by atoms with Crippen molar-refractivity contribution in [3.8, 4) is 0 Å². The van der Waals surface area contributed by atoms with E-state index in [1.54, 1.807) is 0 Å². The summed E-state index contributed by atoms with van der Waals surface area (Å²) in [6.07, 6.45) is 0. The first kappa shape index (κ1) is 13.3. The van der Waals surface area contributed by atoms with Gasteiger partial charge in [-0.05, 0) is 19.1 Å². The van der Waals surface area contributed by atoms with Crippen LogP contribution in [0, 0.1) is 11.6 Å². The summed E-state index contributed by atoms with van der Waals surface area (Å²) in [5.74, 6) is -2.55. The van der Waals surface area contributed by atoms with Gasteiger partial charge < -0.3 is 15.6 Å². The Morgan fingerprint density at radius 3 is 2.75 bits per heavy atom. The number of fused-ring (bicyclic) bond motifs is 1. The Hall–Kier alpha value is -1.66. The zero-order chi connectivity index (χ0) is 14.4. The molecule has 3 N–H and O–H groups in total. The van der Waals surface area contributed by atoms with Gasteiger partial charge >= 0.3 is 0 Å². The van der Waals surface area contributed by atoms with Gasteiger partial charge in [0.1, 0.15) is 5.69 Å². The number of rotatable bonds is 2. The molecular formula is C13H12ClF2N3O. The van der Waals surface area contributed by atoms with E-state index < -0.39 is 11.6 Å². The van der Waals surface area contributed by atoms with Gasteiger partial charge in [-0.3, -0.25) is 4.79 Å². The van der Waals surface area contributed by atoms with Crippen molar-refractivity contribution in [3.63, 3.8) is 0 Å². The normalized spacial score (nSPS) is 21.8. The Morgan fingerprint density at radius 1 is 1.40 bits per heavy atom. The lowest BCUT2D eigenvalue weighted by Crippen LogP contribution is -2.63. The van der Waals surface area contributed by atoms with Crippen molar-refractivity contribution >= 4 is 28.4 Å². The first-order chi connectivity index (χ1) is 9.47. The molecule has 1 saturated heterocycles. The van der Waals surface area contributed by atoms with Gasteiger partial charge in [-0.1, -0.05) is 11.6 Å². The first-order valence-electron chi connectivity index (χ1n) is 6.18. The van der Waals surface area contributed by atoms with Crippen LogP contribution in [-0.2, 0) is 0 Å². The highest BCUT2D eigenvalue weighted by atomic mass is 35.5. The fourth-order valence-corrected chi connectivity index (χ4v) is 2.40. The number of nitrogens with one attached hydrogen (secondary N) is 3. The fourth-order valence-electron chi connectivity index (χ4n) is 2.20. The van der Waals surface area contributed by atoms with Crippen LogP contribution in [-0.4, -0.2) is 29.5 Å². The monoisotopic (exact) mass is 299 g/mol. The zero-order valence-corrected chi connectivity index (χ0v) is 11.3. The number of amides is 1.